The van der Waals surface area contributed by atoms with Crippen molar-refractivity contribution in [1.82, 2.24) is 15.5 Å². The van der Waals surface area contributed by atoms with Gasteiger partial charge in [0.1, 0.15) is 6.04 Å². The second-order valence-corrected chi connectivity index (χ2v) is 8.69. The van der Waals surface area contributed by atoms with Crippen LogP contribution in [0.2, 0.25) is 0 Å². The van der Waals surface area contributed by atoms with E-state index in [0.29, 0.717) is 38.8 Å². The van der Waals surface area contributed by atoms with Gasteiger partial charge in [-0.1, -0.05) is 30.3 Å². The summed E-state index contributed by atoms with van der Waals surface area (Å²) in [5.41, 5.74) is 0.793. The van der Waals surface area contributed by atoms with Gasteiger partial charge in [-0.15, -0.1) is 0 Å². The van der Waals surface area contributed by atoms with E-state index in [1.165, 1.54) is 13.8 Å². The molecule has 7 nitrogen and oxygen atoms in total. The van der Waals surface area contributed by atoms with E-state index < -0.39 is 12.1 Å². The fourth-order valence-corrected chi connectivity index (χ4v) is 4.95. The van der Waals surface area contributed by atoms with E-state index >= 15 is 0 Å². The van der Waals surface area contributed by atoms with Crippen molar-refractivity contribution < 1.29 is 19.5 Å². The normalized spacial score (nSPS) is 29.2. The van der Waals surface area contributed by atoms with E-state index in [4.69, 9.17) is 0 Å². The molecule has 0 radical (unpaired) electrons. The lowest BCUT2D eigenvalue weighted by Crippen LogP contribution is -2.49. The van der Waals surface area contributed by atoms with Gasteiger partial charge in [0.05, 0.1) is 12.1 Å². The second kappa shape index (κ2) is 9.60. The summed E-state index contributed by atoms with van der Waals surface area (Å²) in [7, 11) is 0. The van der Waals surface area contributed by atoms with Gasteiger partial charge in [0.25, 0.3) is 0 Å². The van der Waals surface area contributed by atoms with Crippen LogP contribution in [0.3, 0.4) is 0 Å². The van der Waals surface area contributed by atoms with Gasteiger partial charge in [-0.2, -0.15) is 0 Å². The number of nitrogens with zero attached hydrogens (tertiary/aromatic N) is 1. The first-order chi connectivity index (χ1) is 14.3. The fraction of sp³-hybridized carbons (Fsp3) is 0.609. The minimum absolute atomic E-state index is 0.0684. The van der Waals surface area contributed by atoms with Crippen molar-refractivity contribution >= 4 is 17.7 Å². The maximum absolute atomic E-state index is 12.9. The molecule has 0 spiro atoms. The molecular formula is C23H33N3O4. The van der Waals surface area contributed by atoms with Crippen LogP contribution in [-0.4, -0.2) is 59.0 Å². The van der Waals surface area contributed by atoms with E-state index in [0.717, 1.165) is 18.4 Å². The van der Waals surface area contributed by atoms with E-state index in [1.54, 1.807) is 4.90 Å². The Morgan fingerprint density at radius 1 is 1.10 bits per heavy atom. The summed E-state index contributed by atoms with van der Waals surface area (Å²) in [4.78, 5) is 38.0. The smallest absolute Gasteiger partial charge is 0.242 e. The number of aliphatic hydroxyl groups is 1. The van der Waals surface area contributed by atoms with Gasteiger partial charge in [-0.3, -0.25) is 14.4 Å². The van der Waals surface area contributed by atoms with Crippen LogP contribution in [-0.2, 0) is 19.8 Å². The molecule has 1 aliphatic heterocycles. The Kier molecular flexibility index (Phi) is 7.13. The van der Waals surface area contributed by atoms with Crippen molar-refractivity contribution in [1.29, 1.82) is 0 Å². The molecule has 7 heteroatoms. The van der Waals surface area contributed by atoms with Gasteiger partial charge in [0, 0.05) is 32.4 Å². The van der Waals surface area contributed by atoms with Gasteiger partial charge in [0.2, 0.25) is 17.7 Å². The van der Waals surface area contributed by atoms with Gasteiger partial charge in [0.15, 0.2) is 0 Å². The molecule has 4 atom stereocenters. The number of nitrogens with one attached hydrogen (secondary N) is 2. The number of hydrogen-bond donors (Lipinski definition) is 3. The second-order valence-electron chi connectivity index (χ2n) is 8.69. The number of hydrogen-bond acceptors (Lipinski definition) is 4. The monoisotopic (exact) mass is 415 g/mol. The van der Waals surface area contributed by atoms with Gasteiger partial charge in [-0.05, 0) is 44.1 Å². The van der Waals surface area contributed by atoms with Gasteiger partial charge in [-0.25, -0.2) is 0 Å². The Balaban J connectivity index is 1.77. The predicted molar refractivity (Wildman–Crippen MR) is 114 cm³/mol. The van der Waals surface area contributed by atoms with Crippen molar-refractivity contribution in [3.05, 3.63) is 35.9 Å². The maximum Gasteiger partial charge on any atom is 0.242 e. The van der Waals surface area contributed by atoms with Crippen LogP contribution in [0.15, 0.2) is 30.3 Å². The average Bonchev–Trinajstić information content (AvgIpc) is 3.17. The van der Waals surface area contributed by atoms with Gasteiger partial charge < -0.3 is 20.6 Å². The summed E-state index contributed by atoms with van der Waals surface area (Å²) >= 11 is 0. The molecule has 0 aromatic heterocycles. The molecule has 1 aromatic rings. The first kappa shape index (κ1) is 22.3. The molecule has 30 heavy (non-hydrogen) atoms. The number of carbonyl (C=O) groups is 3. The molecule has 3 N–H and O–H groups in total. The van der Waals surface area contributed by atoms with E-state index in [2.05, 4.69) is 22.8 Å². The number of carbonyl (C=O) groups excluding carboxylic acids is 3. The average molecular weight is 416 g/mol. The van der Waals surface area contributed by atoms with Gasteiger partial charge >= 0.3 is 0 Å². The van der Waals surface area contributed by atoms with Crippen molar-refractivity contribution in [3.63, 3.8) is 0 Å². The Morgan fingerprint density at radius 3 is 2.47 bits per heavy atom. The summed E-state index contributed by atoms with van der Waals surface area (Å²) in [5.74, 6) is -0.326. The predicted octanol–water partition coefficient (Wildman–Crippen LogP) is 1.49. The topological polar surface area (TPSA) is 98.7 Å². The van der Waals surface area contributed by atoms with Crippen LogP contribution < -0.4 is 10.6 Å². The summed E-state index contributed by atoms with van der Waals surface area (Å²) in [5, 5.41) is 16.6. The fourth-order valence-electron chi connectivity index (χ4n) is 4.95. The number of likely N-dealkylation sites (tertiary alicyclic amines) is 1. The van der Waals surface area contributed by atoms with Crippen LogP contribution in [0.1, 0.15) is 57.9 Å². The zero-order valence-corrected chi connectivity index (χ0v) is 17.9. The Labute approximate surface area is 178 Å². The molecule has 1 saturated carbocycles. The number of amides is 3. The van der Waals surface area contributed by atoms with Crippen LogP contribution >= 0.6 is 0 Å². The first-order valence-corrected chi connectivity index (χ1v) is 10.9. The first-order valence-electron chi connectivity index (χ1n) is 10.9. The van der Waals surface area contributed by atoms with E-state index in [9.17, 15) is 19.5 Å². The quantitative estimate of drug-likeness (QED) is 0.635. The lowest BCUT2D eigenvalue weighted by molar-refractivity contribution is -0.137. The maximum atomic E-state index is 12.9. The highest BCUT2D eigenvalue weighted by Crippen LogP contribution is 2.38. The molecule has 3 amide bonds. The Hall–Kier alpha value is -2.41. The number of aliphatic hydroxyl groups excluding tert-OH is 1. The molecule has 1 aliphatic carbocycles. The van der Waals surface area contributed by atoms with E-state index in [1.807, 2.05) is 18.2 Å². The van der Waals surface area contributed by atoms with E-state index in [-0.39, 0.29) is 29.2 Å². The molecule has 3 rings (SSSR count). The molecule has 1 unspecified atom stereocenters. The zero-order chi connectivity index (χ0) is 21.7. The number of benzene rings is 1. The lowest BCUT2D eigenvalue weighted by atomic mass is 9.74. The minimum Gasteiger partial charge on any atom is -0.391 e. The highest BCUT2D eigenvalue weighted by Gasteiger charge is 2.40. The summed E-state index contributed by atoms with van der Waals surface area (Å²) in [6.45, 7) is 4.04. The van der Waals surface area contributed by atoms with Crippen molar-refractivity contribution in [2.75, 3.05) is 13.1 Å². The minimum atomic E-state index is -0.613. The molecule has 1 heterocycles. The SMILES string of the molecule is CC(=O)N[C@H]1CC[C@](CNC(=O)C2CCCN2C(C)=O)(c2ccccc2)CC[C@@H]1O. The lowest BCUT2D eigenvalue weighted by Gasteiger charge is -2.35. The van der Waals surface area contributed by atoms with Crippen molar-refractivity contribution in [3.8, 4) is 0 Å². The highest BCUT2D eigenvalue weighted by molar-refractivity contribution is 5.87. The summed E-state index contributed by atoms with van der Waals surface area (Å²) in [6.07, 6.45) is 3.53. The standard InChI is InChI=1S/C23H33N3O4/c1-16(27)25-19-10-12-23(13-11-21(19)29,18-7-4-3-5-8-18)15-24-22(30)20-9-6-14-26(20)17(2)28/h3-5,7-8,19-21,29H,6,9-15H2,1-2H3,(H,24,30)(H,25,27)/t19-,20?,21-,23-/m0/s1. The molecule has 2 aliphatic rings. The Bertz CT molecular complexity index is 769. The van der Waals surface area contributed by atoms with Crippen LogP contribution in [0, 0.1) is 0 Å². The third kappa shape index (κ3) is 5.01. The Morgan fingerprint density at radius 2 is 1.80 bits per heavy atom. The van der Waals surface area contributed by atoms with Crippen LogP contribution in [0.4, 0.5) is 0 Å². The zero-order valence-electron chi connectivity index (χ0n) is 17.9. The third-order valence-corrected chi connectivity index (χ3v) is 6.65. The molecule has 2 fully saturated rings. The molecular weight excluding hydrogens is 382 g/mol. The number of rotatable bonds is 5. The molecule has 164 valence electrons. The highest BCUT2D eigenvalue weighted by atomic mass is 16.3. The molecule has 0 bridgehead atoms. The van der Waals surface area contributed by atoms with Crippen LogP contribution in [0.25, 0.3) is 0 Å². The summed E-state index contributed by atoms with van der Waals surface area (Å²) < 4.78 is 0. The van der Waals surface area contributed by atoms with Crippen molar-refractivity contribution in [2.45, 2.75) is 76.0 Å². The summed E-state index contributed by atoms with van der Waals surface area (Å²) in [6, 6.07) is 9.37. The largest absolute Gasteiger partial charge is 0.391 e. The van der Waals surface area contributed by atoms with Crippen LogP contribution in [0.5, 0.6) is 0 Å². The molecule has 1 saturated heterocycles. The van der Waals surface area contributed by atoms with Crippen molar-refractivity contribution in [2.24, 2.45) is 0 Å². The molecule has 1 aromatic carbocycles. The third-order valence-electron chi connectivity index (χ3n) is 6.65.